The normalized spacial score (nSPS) is 14.3. The third-order valence-electron chi connectivity index (χ3n) is 3.48. The Balaban J connectivity index is 1.95. The van der Waals surface area contributed by atoms with Gasteiger partial charge in [0.1, 0.15) is 17.4 Å². The van der Waals surface area contributed by atoms with E-state index in [-0.39, 0.29) is 12.1 Å². The second-order valence-corrected chi connectivity index (χ2v) is 4.78. The topological polar surface area (TPSA) is 48.4 Å². The SMILES string of the molecule is COC(c1ccccc1)C(N)c1cc2ccccc2o1. The molecule has 2 unspecified atom stereocenters. The van der Waals surface area contributed by atoms with Gasteiger partial charge < -0.3 is 14.9 Å². The monoisotopic (exact) mass is 267 g/mol. The van der Waals surface area contributed by atoms with E-state index in [1.165, 1.54) is 0 Å². The van der Waals surface area contributed by atoms with Crippen LogP contribution in [0.4, 0.5) is 0 Å². The molecular weight excluding hydrogens is 250 g/mol. The molecule has 1 heterocycles. The third kappa shape index (κ3) is 2.33. The van der Waals surface area contributed by atoms with Crippen molar-refractivity contribution in [2.75, 3.05) is 7.11 Å². The summed E-state index contributed by atoms with van der Waals surface area (Å²) in [7, 11) is 1.67. The Morgan fingerprint density at radius 2 is 1.70 bits per heavy atom. The molecule has 0 saturated carbocycles. The largest absolute Gasteiger partial charge is 0.459 e. The number of ether oxygens (including phenoxy) is 1. The summed E-state index contributed by atoms with van der Waals surface area (Å²) in [6.45, 7) is 0. The van der Waals surface area contributed by atoms with Crippen molar-refractivity contribution in [3.05, 3.63) is 72.0 Å². The van der Waals surface area contributed by atoms with Gasteiger partial charge in [-0.2, -0.15) is 0 Å². The highest BCUT2D eigenvalue weighted by molar-refractivity contribution is 5.77. The highest BCUT2D eigenvalue weighted by Crippen LogP contribution is 2.32. The molecule has 0 fully saturated rings. The fourth-order valence-corrected chi connectivity index (χ4v) is 2.45. The summed E-state index contributed by atoms with van der Waals surface area (Å²) in [5.41, 5.74) is 8.22. The molecule has 3 rings (SSSR count). The number of fused-ring (bicyclic) bond motifs is 1. The minimum atomic E-state index is -0.338. The molecule has 2 aromatic carbocycles. The van der Waals surface area contributed by atoms with Crippen LogP contribution >= 0.6 is 0 Å². The molecule has 0 aliphatic rings. The zero-order chi connectivity index (χ0) is 13.9. The molecule has 0 amide bonds. The number of rotatable bonds is 4. The van der Waals surface area contributed by atoms with Crippen LogP contribution in [0.1, 0.15) is 23.5 Å². The third-order valence-corrected chi connectivity index (χ3v) is 3.48. The van der Waals surface area contributed by atoms with E-state index in [1.807, 2.05) is 60.7 Å². The van der Waals surface area contributed by atoms with E-state index in [2.05, 4.69) is 0 Å². The highest BCUT2D eigenvalue weighted by atomic mass is 16.5. The van der Waals surface area contributed by atoms with Gasteiger partial charge in [-0.05, 0) is 17.7 Å². The van der Waals surface area contributed by atoms with Gasteiger partial charge in [0.25, 0.3) is 0 Å². The Bertz CT molecular complexity index is 657. The summed E-state index contributed by atoms with van der Waals surface area (Å²) < 4.78 is 11.4. The van der Waals surface area contributed by atoms with Gasteiger partial charge in [-0.15, -0.1) is 0 Å². The maximum atomic E-state index is 6.33. The first-order valence-electron chi connectivity index (χ1n) is 6.61. The van der Waals surface area contributed by atoms with E-state index in [4.69, 9.17) is 14.9 Å². The number of nitrogens with two attached hydrogens (primary N) is 1. The summed E-state index contributed by atoms with van der Waals surface area (Å²) >= 11 is 0. The zero-order valence-electron chi connectivity index (χ0n) is 11.3. The van der Waals surface area contributed by atoms with Crippen molar-refractivity contribution in [3.8, 4) is 0 Å². The van der Waals surface area contributed by atoms with Crippen LogP contribution < -0.4 is 5.73 Å². The molecule has 0 aliphatic carbocycles. The van der Waals surface area contributed by atoms with Crippen LogP contribution in [0.3, 0.4) is 0 Å². The first-order chi connectivity index (χ1) is 9.79. The second kappa shape index (κ2) is 5.49. The molecule has 20 heavy (non-hydrogen) atoms. The predicted molar refractivity (Wildman–Crippen MR) is 79.3 cm³/mol. The molecule has 0 saturated heterocycles. The molecule has 3 aromatic rings. The van der Waals surface area contributed by atoms with Crippen molar-refractivity contribution < 1.29 is 9.15 Å². The van der Waals surface area contributed by atoms with Crippen LogP contribution in [0.25, 0.3) is 11.0 Å². The standard InChI is InChI=1S/C17H17NO2/c1-19-17(12-7-3-2-4-8-12)16(18)15-11-13-9-5-6-10-14(13)20-15/h2-11,16-17H,18H2,1H3. The van der Waals surface area contributed by atoms with Crippen LogP contribution in [-0.4, -0.2) is 7.11 Å². The van der Waals surface area contributed by atoms with Crippen LogP contribution in [0.5, 0.6) is 0 Å². The number of benzene rings is 2. The van der Waals surface area contributed by atoms with Gasteiger partial charge >= 0.3 is 0 Å². The molecule has 0 aliphatic heterocycles. The Kier molecular flexibility index (Phi) is 3.54. The van der Waals surface area contributed by atoms with Gasteiger partial charge in [0.15, 0.2) is 0 Å². The Morgan fingerprint density at radius 1 is 1.00 bits per heavy atom. The fraction of sp³-hybridized carbons (Fsp3) is 0.176. The summed E-state index contributed by atoms with van der Waals surface area (Å²) in [5, 5.41) is 1.06. The Hall–Kier alpha value is -2.10. The van der Waals surface area contributed by atoms with Crippen molar-refractivity contribution in [2.45, 2.75) is 12.1 Å². The van der Waals surface area contributed by atoms with Crippen LogP contribution in [0.15, 0.2) is 65.1 Å². The molecular formula is C17H17NO2. The van der Waals surface area contributed by atoms with E-state index < -0.39 is 0 Å². The minimum absolute atomic E-state index is 0.225. The van der Waals surface area contributed by atoms with Gasteiger partial charge in [0.2, 0.25) is 0 Å². The van der Waals surface area contributed by atoms with Crippen molar-refractivity contribution in [3.63, 3.8) is 0 Å². The molecule has 102 valence electrons. The number of hydrogen-bond donors (Lipinski definition) is 1. The van der Waals surface area contributed by atoms with Gasteiger partial charge in [-0.1, -0.05) is 48.5 Å². The molecule has 0 bridgehead atoms. The quantitative estimate of drug-likeness (QED) is 0.781. The Labute approximate surface area is 118 Å². The van der Waals surface area contributed by atoms with Gasteiger partial charge in [-0.3, -0.25) is 0 Å². The first-order valence-corrected chi connectivity index (χ1v) is 6.61. The molecule has 2 atom stereocenters. The number of para-hydroxylation sites is 1. The van der Waals surface area contributed by atoms with E-state index in [1.54, 1.807) is 7.11 Å². The van der Waals surface area contributed by atoms with Crippen molar-refractivity contribution >= 4 is 11.0 Å². The maximum Gasteiger partial charge on any atom is 0.134 e. The Morgan fingerprint density at radius 3 is 2.40 bits per heavy atom. The zero-order valence-corrected chi connectivity index (χ0v) is 11.3. The van der Waals surface area contributed by atoms with Crippen molar-refractivity contribution in [1.29, 1.82) is 0 Å². The lowest BCUT2D eigenvalue weighted by molar-refractivity contribution is 0.0741. The highest BCUT2D eigenvalue weighted by Gasteiger charge is 2.24. The summed E-state index contributed by atoms with van der Waals surface area (Å²) in [5.74, 6) is 0.738. The van der Waals surface area contributed by atoms with E-state index in [0.717, 1.165) is 22.3 Å². The lowest BCUT2D eigenvalue weighted by Crippen LogP contribution is -2.20. The summed E-state index contributed by atoms with van der Waals surface area (Å²) in [4.78, 5) is 0. The second-order valence-electron chi connectivity index (χ2n) is 4.78. The van der Waals surface area contributed by atoms with Crippen LogP contribution in [-0.2, 0) is 4.74 Å². The number of hydrogen-bond acceptors (Lipinski definition) is 3. The number of furan rings is 1. The molecule has 0 radical (unpaired) electrons. The molecule has 1 aromatic heterocycles. The summed E-state index contributed by atoms with van der Waals surface area (Å²) in [6, 6.07) is 19.5. The van der Waals surface area contributed by atoms with Crippen LogP contribution in [0.2, 0.25) is 0 Å². The maximum absolute atomic E-state index is 6.33. The van der Waals surface area contributed by atoms with Crippen molar-refractivity contribution in [2.24, 2.45) is 5.73 Å². The van der Waals surface area contributed by atoms with Gasteiger partial charge in [0.05, 0.1) is 6.04 Å². The van der Waals surface area contributed by atoms with Gasteiger partial charge in [0, 0.05) is 12.5 Å². The molecule has 0 spiro atoms. The average Bonchev–Trinajstić information content (AvgIpc) is 2.93. The lowest BCUT2D eigenvalue weighted by Gasteiger charge is -2.21. The van der Waals surface area contributed by atoms with Crippen molar-refractivity contribution in [1.82, 2.24) is 0 Å². The lowest BCUT2D eigenvalue weighted by atomic mass is 10.0. The first kappa shape index (κ1) is 12.9. The fourth-order valence-electron chi connectivity index (χ4n) is 2.45. The van der Waals surface area contributed by atoms with Crippen LogP contribution in [0, 0.1) is 0 Å². The van der Waals surface area contributed by atoms with Gasteiger partial charge in [-0.25, -0.2) is 0 Å². The molecule has 2 N–H and O–H groups in total. The van der Waals surface area contributed by atoms with E-state index in [0.29, 0.717) is 0 Å². The van der Waals surface area contributed by atoms with E-state index >= 15 is 0 Å². The minimum Gasteiger partial charge on any atom is -0.459 e. The average molecular weight is 267 g/mol. The molecule has 3 nitrogen and oxygen atoms in total. The smallest absolute Gasteiger partial charge is 0.134 e. The molecule has 3 heteroatoms. The summed E-state index contributed by atoms with van der Waals surface area (Å²) in [6.07, 6.45) is -0.225. The van der Waals surface area contributed by atoms with E-state index in [9.17, 15) is 0 Å². The predicted octanol–water partition coefficient (Wildman–Crippen LogP) is 3.82. The number of methoxy groups -OCH3 is 1.